The van der Waals surface area contributed by atoms with Crippen molar-refractivity contribution in [1.29, 1.82) is 5.26 Å². The van der Waals surface area contributed by atoms with E-state index in [0.717, 1.165) is 6.20 Å². The van der Waals surface area contributed by atoms with Gasteiger partial charge in [0.1, 0.15) is 29.8 Å². The van der Waals surface area contributed by atoms with Crippen LogP contribution in [0.15, 0.2) is 48.7 Å². The van der Waals surface area contributed by atoms with Crippen molar-refractivity contribution in [3.8, 4) is 29.2 Å². The van der Waals surface area contributed by atoms with Gasteiger partial charge in [0.2, 0.25) is 5.88 Å². The Balaban J connectivity index is 1.50. The predicted molar refractivity (Wildman–Crippen MR) is 103 cm³/mol. The fourth-order valence-electron chi connectivity index (χ4n) is 2.69. The summed E-state index contributed by atoms with van der Waals surface area (Å²) < 4.78 is 32.6. The third-order valence-corrected chi connectivity index (χ3v) is 4.32. The molecule has 0 spiro atoms. The lowest BCUT2D eigenvalue weighted by Crippen LogP contribution is -2.09. The van der Waals surface area contributed by atoms with Crippen LogP contribution in [0.4, 0.5) is 8.78 Å². The molecule has 0 N–H and O–H groups in total. The number of hydrogen-bond donors (Lipinski definition) is 0. The van der Waals surface area contributed by atoms with E-state index in [9.17, 15) is 8.78 Å². The van der Waals surface area contributed by atoms with Gasteiger partial charge in [0.25, 0.3) is 6.43 Å². The molecule has 154 valence electrons. The van der Waals surface area contributed by atoms with Gasteiger partial charge in [-0.15, -0.1) is 15.3 Å². The number of rotatable bonds is 6. The Kier molecular flexibility index (Phi) is 5.53. The van der Waals surface area contributed by atoms with Gasteiger partial charge in [-0.3, -0.25) is 0 Å². The molecule has 0 saturated carbocycles. The highest BCUT2D eigenvalue weighted by Crippen LogP contribution is 2.20. The zero-order chi connectivity index (χ0) is 21.8. The maximum atomic E-state index is 12.7. The number of nitrogens with zero attached hydrogens (tertiary/aromatic N) is 8. The molecule has 4 aromatic heterocycles. The fourth-order valence-corrected chi connectivity index (χ4v) is 2.69. The van der Waals surface area contributed by atoms with Crippen LogP contribution >= 0.6 is 0 Å². The second kappa shape index (κ2) is 8.58. The van der Waals surface area contributed by atoms with E-state index >= 15 is 0 Å². The van der Waals surface area contributed by atoms with E-state index in [1.807, 2.05) is 6.07 Å². The number of ether oxygens (including phenoxy) is 1. The molecule has 0 radical (unpaired) electrons. The number of alkyl halides is 2. The topological polar surface area (TPSA) is 115 Å². The lowest BCUT2D eigenvalue weighted by molar-refractivity contribution is 0.151. The highest BCUT2D eigenvalue weighted by atomic mass is 19.3. The molecule has 4 rings (SSSR count). The van der Waals surface area contributed by atoms with E-state index < -0.39 is 6.43 Å². The van der Waals surface area contributed by atoms with Gasteiger partial charge < -0.3 is 4.74 Å². The molecule has 0 atom stereocenters. The normalized spacial score (nSPS) is 10.8. The smallest absolute Gasteiger partial charge is 0.265 e. The van der Waals surface area contributed by atoms with Crippen molar-refractivity contribution >= 4 is 0 Å². The number of pyridine rings is 2. The van der Waals surface area contributed by atoms with Crippen LogP contribution < -0.4 is 4.74 Å². The van der Waals surface area contributed by atoms with Gasteiger partial charge in [-0.05, 0) is 37.3 Å². The Morgan fingerprint density at radius 3 is 2.61 bits per heavy atom. The summed E-state index contributed by atoms with van der Waals surface area (Å²) in [6.45, 7) is 1.81. The largest absolute Gasteiger partial charge is 0.470 e. The van der Waals surface area contributed by atoms with Crippen LogP contribution in [0.1, 0.15) is 29.1 Å². The van der Waals surface area contributed by atoms with Gasteiger partial charge in [-0.2, -0.15) is 9.94 Å². The summed E-state index contributed by atoms with van der Waals surface area (Å²) >= 11 is 0. The van der Waals surface area contributed by atoms with Crippen molar-refractivity contribution < 1.29 is 13.5 Å². The van der Waals surface area contributed by atoms with E-state index in [2.05, 4.69) is 30.5 Å². The summed E-state index contributed by atoms with van der Waals surface area (Å²) in [5.41, 5.74) is 2.31. The first-order valence-corrected chi connectivity index (χ1v) is 9.05. The molecular weight excluding hydrogens is 406 g/mol. The van der Waals surface area contributed by atoms with Crippen molar-refractivity contribution in [1.82, 2.24) is 35.2 Å². The highest BCUT2D eigenvalue weighted by molar-refractivity contribution is 5.54. The molecule has 0 aliphatic carbocycles. The minimum Gasteiger partial charge on any atom is -0.470 e. The minimum absolute atomic E-state index is 0.0628. The molecule has 0 unspecified atom stereocenters. The van der Waals surface area contributed by atoms with Crippen LogP contribution in [0.3, 0.4) is 0 Å². The molecule has 0 amide bonds. The lowest BCUT2D eigenvalue weighted by atomic mass is 10.2. The van der Waals surface area contributed by atoms with Gasteiger partial charge >= 0.3 is 0 Å². The van der Waals surface area contributed by atoms with Crippen molar-refractivity contribution in [2.45, 2.75) is 20.0 Å². The Morgan fingerprint density at radius 2 is 1.94 bits per heavy atom. The van der Waals surface area contributed by atoms with Crippen LogP contribution in [-0.2, 0) is 6.61 Å². The maximum absolute atomic E-state index is 12.7. The van der Waals surface area contributed by atoms with E-state index in [0.29, 0.717) is 28.6 Å². The van der Waals surface area contributed by atoms with E-state index in [1.54, 1.807) is 37.3 Å². The first-order chi connectivity index (χ1) is 15.0. The first-order valence-electron chi connectivity index (χ1n) is 9.05. The van der Waals surface area contributed by atoms with Crippen LogP contribution in [0.5, 0.6) is 5.88 Å². The van der Waals surface area contributed by atoms with Gasteiger partial charge in [0, 0.05) is 17.8 Å². The van der Waals surface area contributed by atoms with Crippen molar-refractivity contribution in [3.05, 3.63) is 71.3 Å². The maximum Gasteiger partial charge on any atom is 0.265 e. The van der Waals surface area contributed by atoms with E-state index in [1.165, 1.54) is 16.8 Å². The highest BCUT2D eigenvalue weighted by Gasteiger charge is 2.15. The van der Waals surface area contributed by atoms with Crippen LogP contribution in [0, 0.1) is 18.3 Å². The average Bonchev–Trinajstić information content (AvgIpc) is 3.18. The molecule has 0 aliphatic rings. The Bertz CT molecular complexity index is 1230. The van der Waals surface area contributed by atoms with Gasteiger partial charge in [0.15, 0.2) is 5.82 Å². The summed E-state index contributed by atoms with van der Waals surface area (Å²) in [7, 11) is 0. The molecule has 0 bridgehead atoms. The lowest BCUT2D eigenvalue weighted by Gasteiger charge is -2.09. The fraction of sp³-hybridized carbons (Fsp3) is 0.150. The van der Waals surface area contributed by atoms with Crippen LogP contribution in [-0.4, -0.2) is 35.2 Å². The van der Waals surface area contributed by atoms with E-state index in [4.69, 9.17) is 10.00 Å². The minimum atomic E-state index is -2.60. The van der Waals surface area contributed by atoms with Gasteiger partial charge in [0.05, 0.1) is 11.4 Å². The van der Waals surface area contributed by atoms with Crippen molar-refractivity contribution in [2.75, 3.05) is 0 Å². The van der Waals surface area contributed by atoms with Crippen LogP contribution in [0.2, 0.25) is 0 Å². The van der Waals surface area contributed by atoms with E-state index in [-0.39, 0.29) is 23.7 Å². The Hall–Kier alpha value is -4.33. The summed E-state index contributed by atoms with van der Waals surface area (Å²) in [4.78, 5) is 8.20. The predicted octanol–water partition coefficient (Wildman–Crippen LogP) is 3.21. The Labute approximate surface area is 175 Å². The zero-order valence-electron chi connectivity index (χ0n) is 16.1. The number of halogens is 2. The molecular formula is C20H14F2N8O. The molecule has 0 aromatic carbocycles. The van der Waals surface area contributed by atoms with Crippen molar-refractivity contribution in [3.63, 3.8) is 0 Å². The third kappa shape index (κ3) is 4.32. The number of nitriles is 1. The number of hydrogen-bond acceptors (Lipinski definition) is 8. The summed E-state index contributed by atoms with van der Waals surface area (Å²) in [6, 6.07) is 13.1. The molecule has 11 heteroatoms. The molecule has 31 heavy (non-hydrogen) atoms. The molecule has 4 aromatic rings. The van der Waals surface area contributed by atoms with Crippen LogP contribution in [0.25, 0.3) is 17.2 Å². The second-order valence-corrected chi connectivity index (χ2v) is 6.35. The second-order valence-electron chi connectivity index (χ2n) is 6.35. The SMILES string of the molecule is Cc1nnn(-c2ccc(C(F)F)cn2)c1COc1ccc(-c2cccc(C#N)n2)nn1. The van der Waals surface area contributed by atoms with Gasteiger partial charge in [-0.1, -0.05) is 11.3 Å². The third-order valence-electron chi connectivity index (χ3n) is 4.32. The number of aryl methyl sites for hydroxylation is 1. The molecule has 4 heterocycles. The molecule has 0 saturated heterocycles. The average molecular weight is 420 g/mol. The van der Waals surface area contributed by atoms with Gasteiger partial charge in [-0.25, -0.2) is 18.7 Å². The summed E-state index contributed by atoms with van der Waals surface area (Å²) in [5.74, 6) is 0.599. The van der Waals surface area contributed by atoms with Crippen molar-refractivity contribution in [2.24, 2.45) is 0 Å². The molecule has 9 nitrogen and oxygen atoms in total. The zero-order valence-corrected chi connectivity index (χ0v) is 16.1. The summed E-state index contributed by atoms with van der Waals surface area (Å²) in [6.07, 6.45) is -1.50. The Morgan fingerprint density at radius 1 is 1.06 bits per heavy atom. The molecule has 0 aliphatic heterocycles. The first kappa shape index (κ1) is 20.0. The number of aromatic nitrogens is 7. The standard InChI is InChI=1S/C20H14F2N8O/c1-12-17(30(29-26-12)18-7-5-13(10-24-18)20(21)22)11-31-19-8-6-16(27-28-19)15-4-2-3-14(9-23)25-15/h2-8,10,20H,11H2,1H3. The quantitative estimate of drug-likeness (QED) is 0.467. The summed E-state index contributed by atoms with van der Waals surface area (Å²) in [5, 5.41) is 25.1. The molecule has 0 fully saturated rings. The monoisotopic (exact) mass is 420 g/mol.